The lowest BCUT2D eigenvalue weighted by atomic mass is 10.0. The van der Waals surface area contributed by atoms with E-state index in [0.717, 1.165) is 13.0 Å². The molecule has 0 aliphatic heterocycles. The summed E-state index contributed by atoms with van der Waals surface area (Å²) in [5, 5.41) is 0. The topological polar surface area (TPSA) is 8.17 Å². The molecular weight excluding hydrogens is 292 g/mol. The van der Waals surface area contributed by atoms with E-state index in [1.807, 2.05) is 0 Å². The van der Waals surface area contributed by atoms with E-state index in [-0.39, 0.29) is 0 Å². The van der Waals surface area contributed by atoms with Crippen LogP contribution in [0.15, 0.2) is 60.8 Å². The maximum atomic E-state index is 2.34. The highest BCUT2D eigenvalue weighted by molar-refractivity contribution is 5.69. The Balaban J connectivity index is 2.05. The molecule has 0 aliphatic carbocycles. The molecule has 124 valence electrons. The maximum Gasteiger partial charge on any atom is 0.0560 e. The molecule has 2 aromatic carbocycles. The first-order chi connectivity index (χ1) is 11.6. The summed E-state index contributed by atoms with van der Waals surface area (Å²) in [5.74, 6) is 0. The smallest absolute Gasteiger partial charge is 0.0560 e. The molecule has 24 heavy (non-hydrogen) atoms. The van der Waals surface area contributed by atoms with Crippen molar-refractivity contribution in [2.75, 3.05) is 20.6 Å². The lowest BCUT2D eigenvalue weighted by Crippen LogP contribution is -2.15. The number of aromatic nitrogens is 1. The number of aryl methyl sites for hydroxylation is 1. The van der Waals surface area contributed by atoms with Crippen molar-refractivity contribution in [2.24, 2.45) is 0 Å². The largest absolute Gasteiger partial charge is 0.316 e. The molecule has 0 fully saturated rings. The van der Waals surface area contributed by atoms with Gasteiger partial charge in [-0.05, 0) is 74.8 Å². The van der Waals surface area contributed by atoms with Crippen molar-refractivity contribution < 1.29 is 0 Å². The summed E-state index contributed by atoms with van der Waals surface area (Å²) in [4.78, 5) is 2.23. The summed E-state index contributed by atoms with van der Waals surface area (Å²) in [6, 6.07) is 19.5. The van der Waals surface area contributed by atoms with E-state index < -0.39 is 0 Å². The van der Waals surface area contributed by atoms with Crippen LogP contribution >= 0.6 is 0 Å². The molecule has 2 nitrogen and oxygen atoms in total. The third-order valence-corrected chi connectivity index (χ3v) is 4.59. The summed E-state index contributed by atoms with van der Waals surface area (Å²) >= 11 is 0. The van der Waals surface area contributed by atoms with Crippen LogP contribution in [0.25, 0.3) is 16.9 Å². The third kappa shape index (κ3) is 3.44. The second-order valence-electron chi connectivity index (χ2n) is 6.74. The Morgan fingerprint density at radius 2 is 1.67 bits per heavy atom. The monoisotopic (exact) mass is 318 g/mol. The number of likely N-dealkylation sites (N-methyl/N-ethyl adjacent to an activating group) is 1. The quantitative estimate of drug-likeness (QED) is 0.652. The summed E-state index contributed by atoms with van der Waals surface area (Å²) in [6.07, 6.45) is 3.32. The van der Waals surface area contributed by atoms with Crippen molar-refractivity contribution in [3.63, 3.8) is 0 Å². The molecule has 0 spiro atoms. The van der Waals surface area contributed by atoms with Gasteiger partial charge < -0.3 is 9.47 Å². The number of para-hydroxylation sites is 1. The van der Waals surface area contributed by atoms with Gasteiger partial charge in [0.05, 0.1) is 5.69 Å². The molecule has 0 atom stereocenters. The fourth-order valence-corrected chi connectivity index (χ4v) is 3.10. The summed E-state index contributed by atoms with van der Waals surface area (Å²) in [7, 11) is 4.25. The minimum atomic E-state index is 1.07. The predicted octanol–water partition coefficient (Wildman–Crippen LogP) is 4.87. The lowest BCUT2D eigenvalue weighted by Gasteiger charge is -2.13. The molecule has 2 heteroatoms. The summed E-state index contributed by atoms with van der Waals surface area (Å²) in [5.41, 5.74) is 7.86. The van der Waals surface area contributed by atoms with Gasteiger partial charge in [0.1, 0.15) is 0 Å². The Morgan fingerprint density at radius 3 is 2.38 bits per heavy atom. The van der Waals surface area contributed by atoms with Crippen LogP contribution < -0.4 is 0 Å². The van der Waals surface area contributed by atoms with Gasteiger partial charge in [-0.1, -0.05) is 36.4 Å². The Labute approximate surface area is 145 Å². The average molecular weight is 318 g/mol. The zero-order valence-corrected chi connectivity index (χ0v) is 15.1. The van der Waals surface area contributed by atoms with Crippen LogP contribution in [0.1, 0.15) is 16.7 Å². The van der Waals surface area contributed by atoms with Gasteiger partial charge in [0.25, 0.3) is 0 Å². The minimum absolute atomic E-state index is 1.07. The van der Waals surface area contributed by atoms with Gasteiger partial charge in [-0.2, -0.15) is 0 Å². The highest BCUT2D eigenvalue weighted by Crippen LogP contribution is 2.31. The summed E-state index contributed by atoms with van der Waals surface area (Å²) < 4.78 is 2.32. The Bertz CT molecular complexity index is 813. The SMILES string of the molecule is Cc1cn(-c2ccccc2)c(-c2cccc(CCN(C)C)c2)c1C. The van der Waals surface area contributed by atoms with Crippen molar-refractivity contribution in [3.8, 4) is 16.9 Å². The Morgan fingerprint density at radius 1 is 0.917 bits per heavy atom. The van der Waals surface area contributed by atoms with E-state index in [2.05, 4.69) is 98.2 Å². The molecule has 0 saturated heterocycles. The lowest BCUT2D eigenvalue weighted by molar-refractivity contribution is 0.413. The van der Waals surface area contributed by atoms with Crippen LogP contribution in [0.3, 0.4) is 0 Å². The number of hydrogen-bond acceptors (Lipinski definition) is 1. The van der Waals surface area contributed by atoms with Gasteiger partial charge in [-0.15, -0.1) is 0 Å². The van der Waals surface area contributed by atoms with Crippen molar-refractivity contribution in [1.29, 1.82) is 0 Å². The van der Waals surface area contributed by atoms with Gasteiger partial charge in [-0.25, -0.2) is 0 Å². The molecule has 1 aromatic heterocycles. The molecular formula is C22H26N2. The van der Waals surface area contributed by atoms with Crippen LogP contribution in [0.4, 0.5) is 0 Å². The second kappa shape index (κ2) is 7.06. The standard InChI is InChI=1S/C22H26N2/c1-17-16-24(21-11-6-5-7-12-21)22(18(17)2)20-10-8-9-19(15-20)13-14-23(3)4/h5-12,15-16H,13-14H2,1-4H3. The van der Waals surface area contributed by atoms with E-state index in [0.29, 0.717) is 0 Å². The van der Waals surface area contributed by atoms with Crippen LogP contribution in [0, 0.1) is 13.8 Å². The molecule has 3 aromatic rings. The first-order valence-electron chi connectivity index (χ1n) is 8.54. The van der Waals surface area contributed by atoms with Crippen LogP contribution in [-0.4, -0.2) is 30.1 Å². The van der Waals surface area contributed by atoms with Gasteiger partial charge in [0.15, 0.2) is 0 Å². The fourth-order valence-electron chi connectivity index (χ4n) is 3.10. The summed E-state index contributed by atoms with van der Waals surface area (Å²) in [6.45, 7) is 5.48. The first-order valence-corrected chi connectivity index (χ1v) is 8.54. The number of hydrogen-bond donors (Lipinski definition) is 0. The van der Waals surface area contributed by atoms with Gasteiger partial charge >= 0.3 is 0 Å². The van der Waals surface area contributed by atoms with E-state index in [4.69, 9.17) is 0 Å². The number of nitrogens with zero attached hydrogens (tertiary/aromatic N) is 2. The first kappa shape index (κ1) is 16.5. The van der Waals surface area contributed by atoms with Gasteiger partial charge in [0, 0.05) is 18.4 Å². The van der Waals surface area contributed by atoms with E-state index in [1.54, 1.807) is 0 Å². The average Bonchev–Trinajstić information content (AvgIpc) is 2.89. The third-order valence-electron chi connectivity index (χ3n) is 4.59. The highest BCUT2D eigenvalue weighted by atomic mass is 15.0. The zero-order chi connectivity index (χ0) is 17.1. The van der Waals surface area contributed by atoms with Gasteiger partial charge in [0.2, 0.25) is 0 Å². The minimum Gasteiger partial charge on any atom is -0.316 e. The van der Waals surface area contributed by atoms with Crippen LogP contribution in [0.5, 0.6) is 0 Å². The van der Waals surface area contributed by atoms with Crippen molar-refractivity contribution in [3.05, 3.63) is 77.5 Å². The molecule has 0 radical (unpaired) electrons. The fraction of sp³-hybridized carbons (Fsp3) is 0.273. The van der Waals surface area contributed by atoms with Crippen molar-refractivity contribution in [2.45, 2.75) is 20.3 Å². The molecule has 0 unspecified atom stereocenters. The zero-order valence-electron chi connectivity index (χ0n) is 15.1. The second-order valence-corrected chi connectivity index (χ2v) is 6.74. The van der Waals surface area contributed by atoms with Crippen LogP contribution in [0.2, 0.25) is 0 Å². The molecule has 0 saturated carbocycles. The molecule has 0 amide bonds. The Hall–Kier alpha value is -2.32. The molecule has 3 rings (SSSR count). The molecule has 1 heterocycles. The van der Waals surface area contributed by atoms with E-state index in [1.165, 1.54) is 33.6 Å². The Kier molecular flexibility index (Phi) is 4.86. The maximum absolute atomic E-state index is 2.34. The van der Waals surface area contributed by atoms with E-state index in [9.17, 15) is 0 Å². The van der Waals surface area contributed by atoms with Crippen LogP contribution in [-0.2, 0) is 6.42 Å². The van der Waals surface area contributed by atoms with Gasteiger partial charge in [-0.3, -0.25) is 0 Å². The molecule has 0 N–H and O–H groups in total. The normalized spacial score (nSPS) is 11.2. The molecule has 0 bridgehead atoms. The highest BCUT2D eigenvalue weighted by Gasteiger charge is 2.13. The van der Waals surface area contributed by atoms with Crippen molar-refractivity contribution >= 4 is 0 Å². The predicted molar refractivity (Wildman–Crippen MR) is 103 cm³/mol. The van der Waals surface area contributed by atoms with E-state index >= 15 is 0 Å². The molecule has 0 aliphatic rings. The van der Waals surface area contributed by atoms with Crippen molar-refractivity contribution in [1.82, 2.24) is 9.47 Å². The number of rotatable bonds is 5. The number of benzene rings is 2.